The summed E-state index contributed by atoms with van der Waals surface area (Å²) >= 11 is 18.5. The molecule has 2 N–H and O–H groups in total. The highest BCUT2D eigenvalue weighted by molar-refractivity contribution is 6.37. The zero-order valence-corrected chi connectivity index (χ0v) is 15.5. The van der Waals surface area contributed by atoms with Gasteiger partial charge in [-0.15, -0.1) is 10.2 Å². The third-order valence-electron chi connectivity index (χ3n) is 3.75. The van der Waals surface area contributed by atoms with Crippen LogP contribution in [0.2, 0.25) is 15.2 Å². The molecule has 0 fully saturated rings. The fraction of sp³-hybridized carbons (Fsp3) is 0.111. The minimum absolute atomic E-state index is 0.0175. The second-order valence-electron chi connectivity index (χ2n) is 5.48. The van der Waals surface area contributed by atoms with Gasteiger partial charge in [-0.2, -0.15) is 0 Å². The molecular weight excluding hydrogens is 381 g/mol. The Kier molecular flexibility index (Phi) is 5.33. The highest BCUT2D eigenvalue weighted by Crippen LogP contribution is 2.38. The molecular formula is C18H14Cl3N3O. The largest absolute Gasteiger partial charge is 0.434 e. The lowest BCUT2D eigenvalue weighted by molar-refractivity contribution is 0.454. The summed E-state index contributed by atoms with van der Waals surface area (Å²) in [5.41, 5.74) is 8.04. The van der Waals surface area contributed by atoms with Gasteiger partial charge in [0.2, 0.25) is 5.88 Å². The fourth-order valence-corrected chi connectivity index (χ4v) is 3.27. The van der Waals surface area contributed by atoms with Gasteiger partial charge >= 0.3 is 0 Å². The Hall–Kier alpha value is -2.01. The summed E-state index contributed by atoms with van der Waals surface area (Å²) in [5.74, 6) is 0.534. The van der Waals surface area contributed by atoms with Crippen LogP contribution < -0.4 is 10.5 Å². The molecule has 7 heteroatoms. The van der Waals surface area contributed by atoms with E-state index < -0.39 is 0 Å². The second kappa shape index (κ2) is 7.48. The van der Waals surface area contributed by atoms with E-state index in [-0.39, 0.29) is 17.5 Å². The number of aromatic nitrogens is 2. The van der Waals surface area contributed by atoms with Crippen LogP contribution in [0.3, 0.4) is 0 Å². The van der Waals surface area contributed by atoms with Gasteiger partial charge in [0, 0.05) is 23.2 Å². The number of benzene rings is 2. The normalized spacial score (nSPS) is 12.0. The predicted octanol–water partition coefficient (Wildman–Crippen LogP) is 5.96. The molecule has 0 aliphatic rings. The molecule has 128 valence electrons. The maximum Gasteiger partial charge on any atom is 0.239 e. The molecule has 3 aromatic rings. The number of nitrogens with two attached hydrogens (primary N) is 1. The van der Waals surface area contributed by atoms with Gasteiger partial charge in [-0.1, -0.05) is 72.1 Å². The van der Waals surface area contributed by atoms with Crippen LogP contribution in [0.15, 0.2) is 48.5 Å². The van der Waals surface area contributed by atoms with Gasteiger partial charge in [-0.05, 0) is 17.7 Å². The fourth-order valence-electron chi connectivity index (χ4n) is 2.43. The van der Waals surface area contributed by atoms with Crippen LogP contribution in [0.1, 0.15) is 24.0 Å². The minimum atomic E-state index is 0.0175. The molecule has 0 radical (unpaired) electrons. The van der Waals surface area contributed by atoms with E-state index in [0.29, 0.717) is 20.9 Å². The molecule has 1 aromatic heterocycles. The van der Waals surface area contributed by atoms with Crippen molar-refractivity contribution in [2.75, 3.05) is 5.73 Å². The third kappa shape index (κ3) is 3.98. The van der Waals surface area contributed by atoms with E-state index in [1.165, 1.54) is 0 Å². The van der Waals surface area contributed by atoms with Gasteiger partial charge in [0.05, 0.1) is 10.0 Å². The van der Waals surface area contributed by atoms with Gasteiger partial charge in [0.25, 0.3) is 0 Å². The molecule has 0 aliphatic heterocycles. The van der Waals surface area contributed by atoms with Crippen molar-refractivity contribution in [2.24, 2.45) is 0 Å². The topological polar surface area (TPSA) is 61.0 Å². The van der Waals surface area contributed by atoms with E-state index in [1.54, 1.807) is 18.2 Å². The number of hydrogen-bond donors (Lipinski definition) is 1. The molecule has 1 heterocycles. The summed E-state index contributed by atoms with van der Waals surface area (Å²) in [4.78, 5) is 0. The maximum atomic E-state index is 6.23. The molecule has 0 aliphatic carbocycles. The molecule has 25 heavy (non-hydrogen) atoms. The SMILES string of the molecule is CC(c1ccccc1)c1cc(Oc2c(Cl)cc(N)cc2Cl)nnc1Cl. The molecule has 1 unspecified atom stereocenters. The van der Waals surface area contributed by atoms with Crippen LogP contribution in [0.4, 0.5) is 5.69 Å². The monoisotopic (exact) mass is 393 g/mol. The maximum absolute atomic E-state index is 6.23. The van der Waals surface area contributed by atoms with Gasteiger partial charge in [-0.25, -0.2) is 0 Å². The zero-order chi connectivity index (χ0) is 18.0. The number of nitrogens with zero attached hydrogens (tertiary/aromatic N) is 2. The Labute approximate surface area is 160 Å². The number of halogens is 3. The summed E-state index contributed by atoms with van der Waals surface area (Å²) in [5, 5.41) is 8.84. The number of ether oxygens (including phenoxy) is 1. The van der Waals surface area contributed by atoms with Crippen LogP contribution in [0.25, 0.3) is 0 Å². The van der Waals surface area contributed by atoms with E-state index >= 15 is 0 Å². The van der Waals surface area contributed by atoms with Crippen molar-refractivity contribution in [1.82, 2.24) is 10.2 Å². The van der Waals surface area contributed by atoms with Crippen LogP contribution >= 0.6 is 34.8 Å². The van der Waals surface area contributed by atoms with Crippen LogP contribution in [-0.4, -0.2) is 10.2 Å². The number of anilines is 1. The zero-order valence-electron chi connectivity index (χ0n) is 13.2. The van der Waals surface area contributed by atoms with Crippen LogP contribution in [0, 0.1) is 0 Å². The first-order valence-corrected chi connectivity index (χ1v) is 8.59. The van der Waals surface area contributed by atoms with Crippen molar-refractivity contribution in [3.05, 3.63) is 74.9 Å². The van der Waals surface area contributed by atoms with Gasteiger partial charge in [0.15, 0.2) is 10.9 Å². The number of nitrogen functional groups attached to an aromatic ring is 1. The predicted molar refractivity (Wildman–Crippen MR) is 102 cm³/mol. The van der Waals surface area contributed by atoms with Crippen molar-refractivity contribution >= 4 is 40.5 Å². The van der Waals surface area contributed by atoms with Crippen molar-refractivity contribution < 1.29 is 4.74 Å². The van der Waals surface area contributed by atoms with Gasteiger partial charge < -0.3 is 10.5 Å². The first-order valence-electron chi connectivity index (χ1n) is 7.46. The Balaban J connectivity index is 1.95. The van der Waals surface area contributed by atoms with E-state index in [0.717, 1.165) is 11.1 Å². The lowest BCUT2D eigenvalue weighted by atomic mass is 9.95. The first-order chi connectivity index (χ1) is 12.0. The lowest BCUT2D eigenvalue weighted by Crippen LogP contribution is -2.01. The van der Waals surface area contributed by atoms with Crippen LogP contribution in [0.5, 0.6) is 11.6 Å². The highest BCUT2D eigenvalue weighted by Gasteiger charge is 2.17. The number of hydrogen-bond acceptors (Lipinski definition) is 4. The molecule has 2 aromatic carbocycles. The number of rotatable bonds is 4. The average molecular weight is 395 g/mol. The Morgan fingerprint density at radius 3 is 2.24 bits per heavy atom. The van der Waals surface area contributed by atoms with E-state index in [9.17, 15) is 0 Å². The molecule has 0 spiro atoms. The quantitative estimate of drug-likeness (QED) is 0.554. The van der Waals surface area contributed by atoms with E-state index in [4.69, 9.17) is 45.3 Å². The first kappa shape index (κ1) is 17.8. The van der Waals surface area contributed by atoms with E-state index in [2.05, 4.69) is 10.2 Å². The van der Waals surface area contributed by atoms with Crippen molar-refractivity contribution in [3.8, 4) is 11.6 Å². The Morgan fingerprint density at radius 1 is 0.960 bits per heavy atom. The molecule has 3 rings (SSSR count). The highest BCUT2D eigenvalue weighted by atomic mass is 35.5. The lowest BCUT2D eigenvalue weighted by Gasteiger charge is -2.15. The van der Waals surface area contributed by atoms with Gasteiger partial charge in [-0.3, -0.25) is 0 Å². The summed E-state index contributed by atoms with van der Waals surface area (Å²) in [6.07, 6.45) is 0. The van der Waals surface area contributed by atoms with Gasteiger partial charge in [0.1, 0.15) is 0 Å². The molecule has 1 atom stereocenters. The summed E-state index contributed by atoms with van der Waals surface area (Å²) in [6.45, 7) is 2.03. The summed E-state index contributed by atoms with van der Waals surface area (Å²) < 4.78 is 5.72. The Bertz CT molecular complexity index is 880. The average Bonchev–Trinajstić information content (AvgIpc) is 2.59. The molecule has 0 saturated carbocycles. The Morgan fingerprint density at radius 2 is 1.60 bits per heavy atom. The van der Waals surface area contributed by atoms with Crippen molar-refractivity contribution in [2.45, 2.75) is 12.8 Å². The molecule has 4 nitrogen and oxygen atoms in total. The van der Waals surface area contributed by atoms with Crippen molar-refractivity contribution in [1.29, 1.82) is 0 Å². The summed E-state index contributed by atoms with van der Waals surface area (Å²) in [6, 6.07) is 14.8. The van der Waals surface area contributed by atoms with Crippen molar-refractivity contribution in [3.63, 3.8) is 0 Å². The minimum Gasteiger partial charge on any atom is -0.434 e. The molecule has 0 amide bonds. The smallest absolute Gasteiger partial charge is 0.239 e. The van der Waals surface area contributed by atoms with E-state index in [1.807, 2.05) is 37.3 Å². The molecule has 0 bridgehead atoms. The molecule has 0 saturated heterocycles. The third-order valence-corrected chi connectivity index (χ3v) is 4.60. The van der Waals surface area contributed by atoms with Crippen LogP contribution in [-0.2, 0) is 0 Å². The second-order valence-corrected chi connectivity index (χ2v) is 6.65. The summed E-state index contributed by atoms with van der Waals surface area (Å²) in [7, 11) is 0. The standard InChI is InChI=1S/C18H14Cl3N3O/c1-10(11-5-3-2-4-6-11)13-9-16(23-24-18(13)21)25-17-14(19)7-12(22)8-15(17)20/h2-10H,22H2,1H3.